The van der Waals surface area contributed by atoms with Gasteiger partial charge < -0.3 is 14.9 Å². The van der Waals surface area contributed by atoms with Crippen molar-refractivity contribution in [2.24, 2.45) is 22.7 Å². The summed E-state index contributed by atoms with van der Waals surface area (Å²) in [5, 5.41) is 9.87. The van der Waals surface area contributed by atoms with Crippen LogP contribution in [-0.2, 0) is 9.59 Å². The first-order valence-corrected chi connectivity index (χ1v) is 8.63. The number of hydrogen-bond donors (Lipinski definition) is 1. The summed E-state index contributed by atoms with van der Waals surface area (Å²) < 4.78 is 0. The van der Waals surface area contributed by atoms with Crippen LogP contribution in [0.25, 0.3) is 0 Å². The number of carbonyl (C=O) groups is 2. The van der Waals surface area contributed by atoms with Crippen molar-refractivity contribution in [2.75, 3.05) is 32.7 Å². The van der Waals surface area contributed by atoms with Crippen LogP contribution < -0.4 is 0 Å². The van der Waals surface area contributed by atoms with E-state index < -0.39 is 11.4 Å². The minimum Gasteiger partial charge on any atom is -0.481 e. The van der Waals surface area contributed by atoms with Gasteiger partial charge in [-0.2, -0.15) is 0 Å². The van der Waals surface area contributed by atoms with E-state index in [0.717, 1.165) is 32.4 Å². The molecule has 1 aliphatic carbocycles. The molecule has 2 atom stereocenters. The predicted octanol–water partition coefficient (Wildman–Crippen LogP) is 1.84. The zero-order chi connectivity index (χ0) is 16.8. The van der Waals surface area contributed by atoms with Gasteiger partial charge in [-0.25, -0.2) is 0 Å². The lowest BCUT2D eigenvalue weighted by Gasteiger charge is -2.31. The second-order valence-corrected chi connectivity index (χ2v) is 8.48. The maximum atomic E-state index is 12.3. The van der Waals surface area contributed by atoms with Gasteiger partial charge in [0.2, 0.25) is 5.91 Å². The Balaban J connectivity index is 1.69. The lowest BCUT2D eigenvalue weighted by molar-refractivity contribution is -0.149. The van der Waals surface area contributed by atoms with Crippen LogP contribution in [0.4, 0.5) is 0 Å². The van der Waals surface area contributed by atoms with E-state index >= 15 is 0 Å². The van der Waals surface area contributed by atoms with Gasteiger partial charge in [0.15, 0.2) is 0 Å². The minimum absolute atomic E-state index is 0.0576. The Bertz CT molecular complexity index is 526. The fourth-order valence-corrected chi connectivity index (χ4v) is 4.41. The number of carboxylic acids is 1. The summed E-state index contributed by atoms with van der Waals surface area (Å²) in [6.45, 7) is 11.4. The molecule has 2 aliphatic heterocycles. The standard InChI is InChI=1S/C18H28N2O3/c1-4-7-17(2,3)10-19-8-14-9-20(15(21)13-5-6-13)12-18(14,11-19)16(22)23/h4,13-14H,1,5-12H2,2-3H3,(H,22,23)/t14-,18-/m1/s1. The predicted molar refractivity (Wildman–Crippen MR) is 87.9 cm³/mol. The van der Waals surface area contributed by atoms with Gasteiger partial charge in [-0.3, -0.25) is 9.59 Å². The summed E-state index contributed by atoms with van der Waals surface area (Å²) in [5.74, 6) is -0.333. The highest BCUT2D eigenvalue weighted by atomic mass is 16.4. The van der Waals surface area contributed by atoms with Crippen molar-refractivity contribution >= 4 is 11.9 Å². The zero-order valence-corrected chi connectivity index (χ0v) is 14.3. The fourth-order valence-electron chi connectivity index (χ4n) is 4.41. The maximum absolute atomic E-state index is 12.3. The first-order valence-electron chi connectivity index (χ1n) is 8.63. The van der Waals surface area contributed by atoms with E-state index in [-0.39, 0.29) is 23.2 Å². The van der Waals surface area contributed by atoms with E-state index in [4.69, 9.17) is 0 Å². The smallest absolute Gasteiger partial charge is 0.313 e. The highest BCUT2D eigenvalue weighted by Crippen LogP contribution is 2.45. The summed E-state index contributed by atoms with van der Waals surface area (Å²) >= 11 is 0. The topological polar surface area (TPSA) is 60.9 Å². The van der Waals surface area contributed by atoms with Gasteiger partial charge in [0.05, 0.1) is 0 Å². The van der Waals surface area contributed by atoms with Gasteiger partial charge in [0, 0.05) is 44.6 Å². The number of amides is 1. The quantitative estimate of drug-likeness (QED) is 0.759. The van der Waals surface area contributed by atoms with Crippen LogP contribution in [0.2, 0.25) is 0 Å². The van der Waals surface area contributed by atoms with Crippen molar-refractivity contribution in [3.63, 3.8) is 0 Å². The zero-order valence-electron chi connectivity index (χ0n) is 14.3. The minimum atomic E-state index is -0.769. The second kappa shape index (κ2) is 5.62. The Morgan fingerprint density at radius 1 is 1.30 bits per heavy atom. The molecule has 3 fully saturated rings. The Morgan fingerprint density at radius 2 is 2.00 bits per heavy atom. The number of hydrogen-bond acceptors (Lipinski definition) is 3. The van der Waals surface area contributed by atoms with Crippen LogP contribution >= 0.6 is 0 Å². The summed E-state index contributed by atoms with van der Waals surface area (Å²) in [6, 6.07) is 0. The van der Waals surface area contributed by atoms with Crippen molar-refractivity contribution < 1.29 is 14.7 Å². The molecule has 5 heteroatoms. The van der Waals surface area contributed by atoms with Crippen LogP contribution in [-0.4, -0.2) is 59.5 Å². The average molecular weight is 320 g/mol. The van der Waals surface area contributed by atoms with Crippen LogP contribution in [0.5, 0.6) is 0 Å². The van der Waals surface area contributed by atoms with Crippen LogP contribution in [0.3, 0.4) is 0 Å². The van der Waals surface area contributed by atoms with E-state index in [1.165, 1.54) is 0 Å². The number of allylic oxidation sites excluding steroid dienone is 1. The highest BCUT2D eigenvalue weighted by Gasteiger charge is 2.59. The van der Waals surface area contributed by atoms with E-state index in [9.17, 15) is 14.7 Å². The number of fused-ring (bicyclic) bond motifs is 1. The summed E-state index contributed by atoms with van der Waals surface area (Å²) in [7, 11) is 0. The molecule has 0 unspecified atom stereocenters. The number of carbonyl (C=O) groups excluding carboxylic acids is 1. The van der Waals surface area contributed by atoms with Gasteiger partial charge >= 0.3 is 5.97 Å². The molecule has 128 valence electrons. The first-order chi connectivity index (χ1) is 10.8. The summed E-state index contributed by atoms with van der Waals surface area (Å²) in [4.78, 5) is 28.4. The van der Waals surface area contributed by atoms with E-state index in [0.29, 0.717) is 19.6 Å². The Kier molecular flexibility index (Phi) is 4.03. The molecule has 3 aliphatic rings. The normalized spacial score (nSPS) is 31.2. The molecule has 0 spiro atoms. The van der Waals surface area contributed by atoms with Gasteiger partial charge in [-0.05, 0) is 24.7 Å². The van der Waals surface area contributed by atoms with Crippen molar-refractivity contribution in [1.29, 1.82) is 0 Å². The molecular weight excluding hydrogens is 292 g/mol. The SMILES string of the molecule is C=CCC(C)(C)CN1C[C@@H]2CN(C(=O)C3CC3)C[C@]2(C(=O)O)C1. The number of aliphatic carboxylic acids is 1. The molecule has 0 radical (unpaired) electrons. The molecule has 5 nitrogen and oxygen atoms in total. The Morgan fingerprint density at radius 3 is 2.52 bits per heavy atom. The largest absolute Gasteiger partial charge is 0.481 e. The molecular formula is C18H28N2O3. The molecule has 0 aromatic carbocycles. The maximum Gasteiger partial charge on any atom is 0.313 e. The third-order valence-electron chi connectivity index (χ3n) is 5.69. The van der Waals surface area contributed by atoms with Gasteiger partial charge in [0.1, 0.15) is 5.41 Å². The molecule has 0 bridgehead atoms. The Hall–Kier alpha value is -1.36. The molecule has 2 saturated heterocycles. The molecule has 1 saturated carbocycles. The molecule has 1 amide bonds. The second-order valence-electron chi connectivity index (χ2n) is 8.48. The number of rotatable bonds is 6. The molecule has 3 rings (SSSR count). The van der Waals surface area contributed by atoms with E-state index in [1.807, 2.05) is 11.0 Å². The third kappa shape index (κ3) is 3.03. The van der Waals surface area contributed by atoms with Crippen molar-refractivity contribution in [2.45, 2.75) is 33.1 Å². The van der Waals surface area contributed by atoms with Crippen molar-refractivity contribution in [1.82, 2.24) is 9.80 Å². The van der Waals surface area contributed by atoms with Crippen molar-refractivity contribution in [3.05, 3.63) is 12.7 Å². The number of nitrogens with zero attached hydrogens (tertiary/aromatic N) is 2. The summed E-state index contributed by atoms with van der Waals surface area (Å²) in [6.07, 6.45) is 4.80. The molecule has 0 aromatic heterocycles. The first kappa shape index (κ1) is 16.5. The molecule has 0 aromatic rings. The third-order valence-corrected chi connectivity index (χ3v) is 5.69. The van der Waals surface area contributed by atoms with Gasteiger partial charge in [0.25, 0.3) is 0 Å². The monoisotopic (exact) mass is 320 g/mol. The van der Waals surface area contributed by atoms with Crippen molar-refractivity contribution in [3.8, 4) is 0 Å². The Labute approximate surface area is 138 Å². The van der Waals surface area contributed by atoms with E-state index in [2.05, 4.69) is 25.3 Å². The fraction of sp³-hybridized carbons (Fsp3) is 0.778. The molecule has 1 N–H and O–H groups in total. The number of carboxylic acid groups (broad SMARTS) is 1. The van der Waals surface area contributed by atoms with E-state index in [1.54, 1.807) is 0 Å². The summed E-state index contributed by atoms with van der Waals surface area (Å²) in [5.41, 5.74) is -0.668. The lowest BCUT2D eigenvalue weighted by Crippen LogP contribution is -2.43. The van der Waals surface area contributed by atoms with Crippen LogP contribution in [0, 0.1) is 22.7 Å². The molecule has 2 heterocycles. The van der Waals surface area contributed by atoms with Gasteiger partial charge in [-0.15, -0.1) is 6.58 Å². The number of likely N-dealkylation sites (tertiary alicyclic amines) is 2. The van der Waals surface area contributed by atoms with Crippen LogP contribution in [0.15, 0.2) is 12.7 Å². The van der Waals surface area contributed by atoms with Crippen LogP contribution in [0.1, 0.15) is 33.1 Å². The molecule has 23 heavy (non-hydrogen) atoms. The lowest BCUT2D eigenvalue weighted by atomic mass is 9.81. The highest BCUT2D eigenvalue weighted by molar-refractivity contribution is 5.84. The van der Waals surface area contributed by atoms with Gasteiger partial charge in [-0.1, -0.05) is 19.9 Å². The average Bonchev–Trinajstić information content (AvgIpc) is 3.13.